The monoisotopic (exact) mass is 310 g/mol. The second-order valence-corrected chi connectivity index (χ2v) is 4.73. The van der Waals surface area contributed by atoms with Crippen molar-refractivity contribution < 1.29 is 9.90 Å². The Balaban J connectivity index is 1.55. The maximum atomic E-state index is 10.7. The minimum Gasteiger partial charge on any atom is -0.476 e. The molecule has 0 saturated heterocycles. The fourth-order valence-electron chi connectivity index (χ4n) is 1.94. The number of hydrogen-bond acceptors (Lipinski definition) is 6. The van der Waals surface area contributed by atoms with Crippen LogP contribution in [-0.2, 0) is 6.42 Å². The van der Waals surface area contributed by atoms with E-state index in [1.165, 1.54) is 12.4 Å². The molecule has 2 N–H and O–H groups in total. The van der Waals surface area contributed by atoms with E-state index in [1.54, 1.807) is 11.0 Å². The van der Waals surface area contributed by atoms with Gasteiger partial charge >= 0.3 is 5.97 Å². The number of nitrogens with one attached hydrogen (secondary N) is 1. The standard InChI is InChI=1S/C15H14N6O2/c22-15(23)13-9-18-14(10-17-13)16-7-6-11-8-19-21(20-11)12-4-2-1-3-5-12/h1-5,8-10H,6-7H2,(H,16,18)(H,22,23). The first-order valence-electron chi connectivity index (χ1n) is 6.98. The SMILES string of the molecule is O=C(O)c1cnc(NCCc2cnn(-c3ccccc3)n2)cn1. The molecule has 0 atom stereocenters. The topological polar surface area (TPSA) is 106 Å². The Morgan fingerprint density at radius 1 is 1.13 bits per heavy atom. The lowest BCUT2D eigenvalue weighted by Gasteiger charge is -2.03. The van der Waals surface area contributed by atoms with Gasteiger partial charge in [0.25, 0.3) is 0 Å². The molecule has 8 nitrogen and oxygen atoms in total. The predicted octanol–water partition coefficient (Wildman–Crippen LogP) is 1.41. The van der Waals surface area contributed by atoms with Crippen LogP contribution in [0.15, 0.2) is 48.9 Å². The van der Waals surface area contributed by atoms with Gasteiger partial charge in [-0.2, -0.15) is 15.0 Å². The van der Waals surface area contributed by atoms with Crippen molar-refractivity contribution in [3.63, 3.8) is 0 Å². The van der Waals surface area contributed by atoms with Crippen LogP contribution >= 0.6 is 0 Å². The van der Waals surface area contributed by atoms with Crippen molar-refractivity contribution in [1.29, 1.82) is 0 Å². The number of carboxylic acid groups (broad SMARTS) is 1. The van der Waals surface area contributed by atoms with Gasteiger partial charge in [0.1, 0.15) is 5.82 Å². The van der Waals surface area contributed by atoms with Crippen LogP contribution in [0.2, 0.25) is 0 Å². The lowest BCUT2D eigenvalue weighted by molar-refractivity contribution is 0.0690. The van der Waals surface area contributed by atoms with E-state index < -0.39 is 5.97 Å². The van der Waals surface area contributed by atoms with Gasteiger partial charge in [0.05, 0.1) is 30.0 Å². The number of para-hydroxylation sites is 1. The van der Waals surface area contributed by atoms with E-state index in [-0.39, 0.29) is 5.69 Å². The van der Waals surface area contributed by atoms with E-state index >= 15 is 0 Å². The lowest BCUT2D eigenvalue weighted by Crippen LogP contribution is -2.09. The van der Waals surface area contributed by atoms with Crippen molar-refractivity contribution in [3.05, 3.63) is 60.3 Å². The molecule has 0 bridgehead atoms. The van der Waals surface area contributed by atoms with Crippen LogP contribution in [0.3, 0.4) is 0 Å². The van der Waals surface area contributed by atoms with Crippen LogP contribution < -0.4 is 5.32 Å². The van der Waals surface area contributed by atoms with E-state index in [9.17, 15) is 4.79 Å². The highest BCUT2D eigenvalue weighted by atomic mass is 16.4. The molecule has 0 saturated carbocycles. The molecule has 0 radical (unpaired) electrons. The van der Waals surface area contributed by atoms with Gasteiger partial charge in [-0.25, -0.2) is 14.8 Å². The van der Waals surface area contributed by atoms with Crippen molar-refractivity contribution in [2.24, 2.45) is 0 Å². The fourth-order valence-corrected chi connectivity index (χ4v) is 1.94. The Kier molecular flexibility index (Phi) is 4.23. The summed E-state index contributed by atoms with van der Waals surface area (Å²) in [5.41, 5.74) is 1.67. The van der Waals surface area contributed by atoms with Gasteiger partial charge in [0.15, 0.2) is 5.69 Å². The largest absolute Gasteiger partial charge is 0.476 e. The second kappa shape index (κ2) is 6.65. The first-order chi connectivity index (χ1) is 11.2. The third-order valence-electron chi connectivity index (χ3n) is 3.08. The van der Waals surface area contributed by atoms with Crippen LogP contribution in [0.25, 0.3) is 5.69 Å². The van der Waals surface area contributed by atoms with E-state index in [1.807, 2.05) is 30.3 Å². The van der Waals surface area contributed by atoms with Gasteiger partial charge < -0.3 is 10.4 Å². The summed E-state index contributed by atoms with van der Waals surface area (Å²) in [6.07, 6.45) is 4.99. The summed E-state index contributed by atoms with van der Waals surface area (Å²) in [7, 11) is 0. The molecular formula is C15H14N6O2. The number of hydrogen-bond donors (Lipinski definition) is 2. The zero-order valence-electron chi connectivity index (χ0n) is 12.1. The van der Waals surface area contributed by atoms with Gasteiger partial charge in [-0.15, -0.1) is 0 Å². The highest BCUT2D eigenvalue weighted by molar-refractivity contribution is 5.84. The number of carboxylic acids is 1. The number of rotatable bonds is 6. The lowest BCUT2D eigenvalue weighted by atomic mass is 10.3. The molecule has 2 aromatic heterocycles. The molecule has 3 aromatic rings. The Bertz CT molecular complexity index is 785. The van der Waals surface area contributed by atoms with Crippen molar-refractivity contribution in [1.82, 2.24) is 25.0 Å². The summed E-state index contributed by atoms with van der Waals surface area (Å²) in [5.74, 6) is -0.577. The summed E-state index contributed by atoms with van der Waals surface area (Å²) in [4.78, 5) is 20.0. The molecule has 1 aromatic carbocycles. The number of anilines is 1. The summed E-state index contributed by atoms with van der Waals surface area (Å²) in [6, 6.07) is 9.66. The first kappa shape index (κ1) is 14.6. The van der Waals surface area contributed by atoms with Gasteiger partial charge in [0.2, 0.25) is 0 Å². The molecule has 0 spiro atoms. The Labute approximate surface area is 131 Å². The first-order valence-corrected chi connectivity index (χ1v) is 6.98. The van der Waals surface area contributed by atoms with Crippen LogP contribution in [0.5, 0.6) is 0 Å². The molecule has 0 aliphatic carbocycles. The predicted molar refractivity (Wildman–Crippen MR) is 82.5 cm³/mol. The van der Waals surface area contributed by atoms with Crippen molar-refractivity contribution in [2.75, 3.05) is 11.9 Å². The summed E-state index contributed by atoms with van der Waals surface area (Å²) in [6.45, 7) is 0.592. The molecule has 23 heavy (non-hydrogen) atoms. The molecular weight excluding hydrogens is 296 g/mol. The van der Waals surface area contributed by atoms with E-state index in [4.69, 9.17) is 5.11 Å². The van der Waals surface area contributed by atoms with E-state index in [0.29, 0.717) is 18.8 Å². The number of aromatic nitrogens is 5. The Hall–Kier alpha value is -3.29. The zero-order chi connectivity index (χ0) is 16.1. The van der Waals surface area contributed by atoms with Crippen LogP contribution in [0.1, 0.15) is 16.2 Å². The molecule has 0 unspecified atom stereocenters. The van der Waals surface area contributed by atoms with Gasteiger partial charge in [-0.05, 0) is 12.1 Å². The molecule has 3 rings (SSSR count). The molecule has 0 fully saturated rings. The molecule has 116 valence electrons. The maximum Gasteiger partial charge on any atom is 0.356 e. The maximum absolute atomic E-state index is 10.7. The van der Waals surface area contributed by atoms with Crippen LogP contribution in [-0.4, -0.2) is 42.6 Å². The van der Waals surface area contributed by atoms with Crippen LogP contribution in [0.4, 0.5) is 5.82 Å². The van der Waals surface area contributed by atoms with Crippen molar-refractivity contribution in [2.45, 2.75) is 6.42 Å². The quantitative estimate of drug-likeness (QED) is 0.709. The number of carbonyl (C=O) groups is 1. The summed E-state index contributed by atoms with van der Waals surface area (Å²) >= 11 is 0. The van der Waals surface area contributed by atoms with Crippen molar-refractivity contribution in [3.8, 4) is 5.69 Å². The average Bonchev–Trinajstić information content (AvgIpc) is 3.05. The normalized spacial score (nSPS) is 10.4. The Morgan fingerprint density at radius 3 is 2.65 bits per heavy atom. The summed E-state index contributed by atoms with van der Waals surface area (Å²) < 4.78 is 0. The van der Waals surface area contributed by atoms with Gasteiger partial charge in [-0.3, -0.25) is 0 Å². The highest BCUT2D eigenvalue weighted by Crippen LogP contribution is 2.05. The smallest absolute Gasteiger partial charge is 0.356 e. The average molecular weight is 310 g/mol. The fraction of sp³-hybridized carbons (Fsp3) is 0.133. The number of nitrogens with zero attached hydrogens (tertiary/aromatic N) is 5. The van der Waals surface area contributed by atoms with E-state index in [0.717, 1.165) is 11.4 Å². The van der Waals surface area contributed by atoms with Crippen LogP contribution in [0, 0.1) is 0 Å². The van der Waals surface area contributed by atoms with Gasteiger partial charge in [0, 0.05) is 13.0 Å². The minimum atomic E-state index is -1.10. The summed E-state index contributed by atoms with van der Waals surface area (Å²) in [5, 5.41) is 20.4. The molecule has 0 aliphatic rings. The number of aromatic carboxylic acids is 1. The van der Waals surface area contributed by atoms with Gasteiger partial charge in [-0.1, -0.05) is 18.2 Å². The number of benzene rings is 1. The second-order valence-electron chi connectivity index (χ2n) is 4.73. The molecule has 2 heterocycles. The molecule has 0 aliphatic heterocycles. The Morgan fingerprint density at radius 2 is 1.96 bits per heavy atom. The third kappa shape index (κ3) is 3.67. The zero-order valence-corrected chi connectivity index (χ0v) is 12.1. The molecule has 0 amide bonds. The third-order valence-corrected chi connectivity index (χ3v) is 3.08. The molecule has 8 heteroatoms. The minimum absolute atomic E-state index is 0.0821. The highest BCUT2D eigenvalue weighted by Gasteiger charge is 2.05. The van der Waals surface area contributed by atoms with Crippen molar-refractivity contribution >= 4 is 11.8 Å². The van der Waals surface area contributed by atoms with E-state index in [2.05, 4.69) is 25.5 Å².